The number of hydrogen-bond donors (Lipinski definition) is 0. The average Bonchev–Trinajstić information content (AvgIpc) is 3.00. The molecule has 0 aromatic heterocycles. The molecule has 1 aliphatic heterocycles. The summed E-state index contributed by atoms with van der Waals surface area (Å²) in [6.07, 6.45) is -4.31. The van der Waals surface area contributed by atoms with E-state index in [4.69, 9.17) is 4.74 Å². The Morgan fingerprint density at radius 3 is 2.46 bits per heavy atom. The number of nitrogens with zero attached hydrogens (tertiary/aromatic N) is 2. The van der Waals surface area contributed by atoms with Crippen molar-refractivity contribution in [3.63, 3.8) is 0 Å². The number of benzene rings is 3. The number of ether oxygens (including phenoxy) is 1. The maximum Gasteiger partial charge on any atom is 0.416 e. The summed E-state index contributed by atoms with van der Waals surface area (Å²) in [6.45, 7) is 5.67. The molecule has 4 rings (SSSR count). The lowest BCUT2D eigenvalue weighted by Crippen LogP contribution is -2.33. The van der Waals surface area contributed by atoms with Crippen LogP contribution >= 0.6 is 0 Å². The van der Waals surface area contributed by atoms with Gasteiger partial charge in [-0.3, -0.25) is 4.79 Å². The number of methoxy groups -OCH3 is 1. The normalized spacial score (nSPS) is 17.7. The van der Waals surface area contributed by atoms with E-state index in [1.54, 1.807) is 18.2 Å². The standard InChI is InChI=1S/C31H31F3N2O4S/c1-19-11-24-8-9-26(31(32,33)34)14-29(24)41(38,39)36(17-19)18-25-13-23(7-5-20(25)2)28(15-30(37)40-4)27-10-6-22(16-35)12-21(27)3/h5-10,12-14,19,28H,11,15,17-18H2,1-4H3. The summed E-state index contributed by atoms with van der Waals surface area (Å²) in [7, 11) is -2.94. The summed E-state index contributed by atoms with van der Waals surface area (Å²) in [6, 6.07) is 15.8. The fourth-order valence-corrected chi connectivity index (χ4v) is 7.17. The van der Waals surface area contributed by atoms with E-state index in [9.17, 15) is 31.6 Å². The number of rotatable bonds is 6. The number of carbonyl (C=O) groups is 1. The van der Waals surface area contributed by atoms with Gasteiger partial charge in [0.15, 0.2) is 0 Å². The Hall–Kier alpha value is -3.68. The lowest BCUT2D eigenvalue weighted by atomic mass is 9.84. The van der Waals surface area contributed by atoms with Gasteiger partial charge in [-0.05, 0) is 83.8 Å². The van der Waals surface area contributed by atoms with Gasteiger partial charge in [0.25, 0.3) is 0 Å². The van der Waals surface area contributed by atoms with Crippen molar-refractivity contribution < 1.29 is 31.1 Å². The van der Waals surface area contributed by atoms with Gasteiger partial charge in [0.2, 0.25) is 10.0 Å². The second-order valence-corrected chi connectivity index (χ2v) is 12.5. The predicted octanol–water partition coefficient (Wildman–Crippen LogP) is 6.27. The summed E-state index contributed by atoms with van der Waals surface area (Å²) in [4.78, 5) is 12.1. The lowest BCUT2D eigenvalue weighted by Gasteiger charge is -2.25. The highest BCUT2D eigenvalue weighted by Crippen LogP contribution is 2.37. The Morgan fingerprint density at radius 1 is 1.10 bits per heavy atom. The molecule has 2 atom stereocenters. The first-order valence-electron chi connectivity index (χ1n) is 13.1. The first kappa shape index (κ1) is 30.3. The molecule has 1 heterocycles. The molecular formula is C31H31F3N2O4S. The Balaban J connectivity index is 1.77. The summed E-state index contributed by atoms with van der Waals surface area (Å²) < 4.78 is 74.1. The summed E-state index contributed by atoms with van der Waals surface area (Å²) in [5, 5.41) is 9.28. The van der Waals surface area contributed by atoms with Gasteiger partial charge in [-0.1, -0.05) is 37.3 Å². The number of fused-ring (bicyclic) bond motifs is 1. The minimum Gasteiger partial charge on any atom is -0.469 e. The topological polar surface area (TPSA) is 87.5 Å². The quantitative estimate of drug-likeness (QED) is 0.319. The Bertz CT molecular complexity index is 1630. The monoisotopic (exact) mass is 584 g/mol. The van der Waals surface area contributed by atoms with Crippen molar-refractivity contribution in [2.24, 2.45) is 5.92 Å². The summed E-state index contributed by atoms with van der Waals surface area (Å²) >= 11 is 0. The van der Waals surface area contributed by atoms with Crippen molar-refractivity contribution in [2.75, 3.05) is 13.7 Å². The van der Waals surface area contributed by atoms with Crippen LogP contribution in [-0.4, -0.2) is 32.3 Å². The lowest BCUT2D eigenvalue weighted by molar-refractivity contribution is -0.141. The maximum absolute atomic E-state index is 13.8. The molecule has 1 aliphatic rings. The third-order valence-corrected chi connectivity index (χ3v) is 9.48. The molecule has 0 spiro atoms. The highest BCUT2D eigenvalue weighted by molar-refractivity contribution is 7.89. The summed E-state index contributed by atoms with van der Waals surface area (Å²) in [5.74, 6) is -0.981. The van der Waals surface area contributed by atoms with Crippen LogP contribution in [-0.2, 0) is 38.7 Å². The van der Waals surface area contributed by atoms with Crippen LogP contribution in [0.5, 0.6) is 0 Å². The van der Waals surface area contributed by atoms with Gasteiger partial charge in [0, 0.05) is 19.0 Å². The zero-order valence-electron chi connectivity index (χ0n) is 23.2. The van der Waals surface area contributed by atoms with Crippen LogP contribution in [0, 0.1) is 31.1 Å². The van der Waals surface area contributed by atoms with E-state index in [-0.39, 0.29) is 30.3 Å². The van der Waals surface area contributed by atoms with E-state index >= 15 is 0 Å². The third-order valence-electron chi connectivity index (χ3n) is 7.59. The van der Waals surface area contributed by atoms with Crippen molar-refractivity contribution in [1.82, 2.24) is 4.31 Å². The van der Waals surface area contributed by atoms with E-state index in [2.05, 4.69) is 6.07 Å². The Morgan fingerprint density at radius 2 is 1.83 bits per heavy atom. The van der Waals surface area contributed by atoms with Gasteiger partial charge >= 0.3 is 12.1 Å². The highest BCUT2D eigenvalue weighted by Gasteiger charge is 2.37. The summed E-state index contributed by atoms with van der Waals surface area (Å²) in [5.41, 5.74) is 3.73. The molecule has 0 amide bonds. The SMILES string of the molecule is COC(=O)CC(c1ccc(C)c(CN2CC(C)Cc3ccc(C(F)(F)F)cc3S2(=O)=O)c1)c1ccc(C#N)cc1C. The molecule has 3 aromatic rings. The van der Waals surface area contributed by atoms with Crippen molar-refractivity contribution in [3.8, 4) is 6.07 Å². The zero-order valence-corrected chi connectivity index (χ0v) is 24.1. The molecule has 3 aromatic carbocycles. The number of carbonyl (C=O) groups excluding carboxylic acids is 1. The first-order chi connectivity index (χ1) is 19.2. The average molecular weight is 585 g/mol. The molecule has 0 saturated carbocycles. The molecule has 0 aliphatic carbocycles. The molecule has 2 unspecified atom stereocenters. The van der Waals surface area contributed by atoms with Crippen molar-refractivity contribution in [3.05, 3.63) is 99.1 Å². The van der Waals surface area contributed by atoms with Crippen LogP contribution in [0.2, 0.25) is 0 Å². The molecular weight excluding hydrogens is 553 g/mol. The molecule has 6 nitrogen and oxygen atoms in total. The number of hydrogen-bond acceptors (Lipinski definition) is 5. The Labute approximate surface area is 238 Å². The van der Waals surface area contributed by atoms with E-state index in [1.807, 2.05) is 39.0 Å². The number of halogens is 3. The van der Waals surface area contributed by atoms with Crippen LogP contribution in [0.3, 0.4) is 0 Å². The van der Waals surface area contributed by atoms with Crippen molar-refractivity contribution in [2.45, 2.75) is 57.1 Å². The molecule has 0 fully saturated rings. The van der Waals surface area contributed by atoms with E-state index in [0.717, 1.165) is 34.4 Å². The van der Waals surface area contributed by atoms with Gasteiger partial charge in [0.05, 0.1) is 35.6 Å². The van der Waals surface area contributed by atoms with Crippen LogP contribution < -0.4 is 0 Å². The third kappa shape index (κ3) is 6.47. The van der Waals surface area contributed by atoms with E-state index < -0.39 is 33.7 Å². The smallest absolute Gasteiger partial charge is 0.416 e. The van der Waals surface area contributed by atoms with E-state index in [1.165, 1.54) is 17.5 Å². The second kappa shape index (κ2) is 11.7. The van der Waals surface area contributed by atoms with Crippen LogP contribution in [0.25, 0.3) is 0 Å². The molecule has 0 bridgehead atoms. The van der Waals surface area contributed by atoms with Gasteiger partial charge in [-0.2, -0.15) is 22.7 Å². The fourth-order valence-electron chi connectivity index (χ4n) is 5.38. The van der Waals surface area contributed by atoms with Crippen LogP contribution in [0.1, 0.15) is 63.8 Å². The predicted molar refractivity (Wildman–Crippen MR) is 147 cm³/mol. The maximum atomic E-state index is 13.8. The van der Waals surface area contributed by atoms with Gasteiger partial charge in [-0.15, -0.1) is 0 Å². The number of nitriles is 1. The Kier molecular flexibility index (Phi) is 8.62. The van der Waals surface area contributed by atoms with Crippen molar-refractivity contribution in [1.29, 1.82) is 5.26 Å². The number of sulfonamides is 1. The number of esters is 1. The van der Waals surface area contributed by atoms with Gasteiger partial charge in [-0.25, -0.2) is 8.42 Å². The highest BCUT2D eigenvalue weighted by atomic mass is 32.2. The van der Waals surface area contributed by atoms with Gasteiger partial charge in [0.1, 0.15) is 0 Å². The molecule has 216 valence electrons. The van der Waals surface area contributed by atoms with Crippen molar-refractivity contribution >= 4 is 16.0 Å². The molecule has 10 heteroatoms. The molecule has 0 radical (unpaired) electrons. The van der Waals surface area contributed by atoms with Crippen LogP contribution in [0.15, 0.2) is 59.5 Å². The second-order valence-electron chi connectivity index (χ2n) is 10.6. The molecule has 0 saturated heterocycles. The van der Waals surface area contributed by atoms with Crippen LogP contribution in [0.4, 0.5) is 13.2 Å². The molecule has 0 N–H and O–H groups in total. The number of aryl methyl sites for hydroxylation is 2. The largest absolute Gasteiger partial charge is 0.469 e. The fraction of sp³-hybridized carbons (Fsp3) is 0.355. The van der Waals surface area contributed by atoms with Gasteiger partial charge < -0.3 is 4.74 Å². The minimum atomic E-state index is -4.67. The number of alkyl halides is 3. The molecule has 41 heavy (non-hydrogen) atoms. The first-order valence-corrected chi connectivity index (χ1v) is 14.6. The van der Waals surface area contributed by atoms with E-state index in [0.29, 0.717) is 23.1 Å². The minimum absolute atomic E-state index is 0.0262. The zero-order chi connectivity index (χ0) is 30.1.